The van der Waals surface area contributed by atoms with Gasteiger partial charge in [0.15, 0.2) is 18.2 Å². The molecule has 25 heavy (non-hydrogen) atoms. The first-order valence-electron chi connectivity index (χ1n) is 7.81. The van der Waals surface area contributed by atoms with Gasteiger partial charge in [0, 0.05) is 0 Å². The average Bonchev–Trinajstić information content (AvgIpc) is 2.67. The van der Waals surface area contributed by atoms with E-state index in [0.717, 1.165) is 11.4 Å². The standard InChI is InChI=1S/C20H17FN2O2/c21-18-13-7-8-14-19(18)25-15-20(24)22-23(16-9-3-1-4-10-16)17-11-5-2-6-12-17/h1-14H,15H2,(H,22,24). The molecule has 3 rings (SSSR count). The number of anilines is 2. The predicted molar refractivity (Wildman–Crippen MR) is 95.1 cm³/mol. The van der Waals surface area contributed by atoms with E-state index in [0.29, 0.717) is 0 Å². The summed E-state index contributed by atoms with van der Waals surface area (Å²) in [5.41, 5.74) is 4.38. The number of ether oxygens (including phenoxy) is 1. The fourth-order valence-electron chi connectivity index (χ4n) is 2.29. The zero-order valence-corrected chi connectivity index (χ0v) is 13.4. The molecule has 1 N–H and O–H groups in total. The summed E-state index contributed by atoms with van der Waals surface area (Å²) in [6.45, 7) is -0.295. The first kappa shape index (κ1) is 16.5. The molecule has 126 valence electrons. The highest BCUT2D eigenvalue weighted by Gasteiger charge is 2.13. The highest BCUT2D eigenvalue weighted by molar-refractivity contribution is 5.81. The maximum absolute atomic E-state index is 13.6. The molecule has 0 aliphatic heterocycles. The zero-order chi connectivity index (χ0) is 17.5. The van der Waals surface area contributed by atoms with Crippen molar-refractivity contribution in [1.82, 2.24) is 5.43 Å². The molecule has 4 nitrogen and oxygen atoms in total. The number of hydrogen-bond donors (Lipinski definition) is 1. The van der Waals surface area contributed by atoms with Gasteiger partial charge in [-0.1, -0.05) is 48.5 Å². The van der Waals surface area contributed by atoms with Crippen LogP contribution in [0.2, 0.25) is 0 Å². The van der Waals surface area contributed by atoms with E-state index in [9.17, 15) is 9.18 Å². The van der Waals surface area contributed by atoms with Gasteiger partial charge in [0.1, 0.15) is 0 Å². The van der Waals surface area contributed by atoms with Crippen LogP contribution in [0.3, 0.4) is 0 Å². The van der Waals surface area contributed by atoms with Gasteiger partial charge in [-0.3, -0.25) is 15.2 Å². The monoisotopic (exact) mass is 336 g/mol. The van der Waals surface area contributed by atoms with Gasteiger partial charge in [-0.05, 0) is 36.4 Å². The fourth-order valence-corrected chi connectivity index (χ4v) is 2.29. The molecule has 0 bridgehead atoms. The van der Waals surface area contributed by atoms with Crippen molar-refractivity contribution in [2.45, 2.75) is 0 Å². The van der Waals surface area contributed by atoms with Crippen LogP contribution in [-0.2, 0) is 4.79 Å². The summed E-state index contributed by atoms with van der Waals surface area (Å²) < 4.78 is 18.8. The summed E-state index contributed by atoms with van der Waals surface area (Å²) in [5.74, 6) is -0.849. The van der Waals surface area contributed by atoms with Crippen LogP contribution in [0.4, 0.5) is 15.8 Å². The molecule has 0 aliphatic rings. The molecule has 0 heterocycles. The van der Waals surface area contributed by atoms with Crippen molar-refractivity contribution in [2.24, 2.45) is 0 Å². The molecular weight excluding hydrogens is 319 g/mol. The Kier molecular flexibility index (Phi) is 5.26. The third-order valence-electron chi connectivity index (χ3n) is 3.46. The lowest BCUT2D eigenvalue weighted by atomic mass is 10.2. The van der Waals surface area contributed by atoms with E-state index in [2.05, 4.69) is 5.43 Å². The minimum Gasteiger partial charge on any atom is -0.481 e. The van der Waals surface area contributed by atoms with Gasteiger partial charge in [-0.25, -0.2) is 4.39 Å². The average molecular weight is 336 g/mol. The second-order valence-corrected chi connectivity index (χ2v) is 5.26. The Hall–Kier alpha value is -3.34. The Bertz CT molecular complexity index is 786. The van der Waals surface area contributed by atoms with Gasteiger partial charge >= 0.3 is 0 Å². The quantitative estimate of drug-likeness (QED) is 0.690. The van der Waals surface area contributed by atoms with Crippen LogP contribution >= 0.6 is 0 Å². The topological polar surface area (TPSA) is 41.6 Å². The number of nitrogens with zero attached hydrogens (tertiary/aromatic N) is 1. The summed E-state index contributed by atoms with van der Waals surface area (Å²) in [5, 5.41) is 1.66. The predicted octanol–water partition coefficient (Wildman–Crippen LogP) is 4.07. The summed E-state index contributed by atoms with van der Waals surface area (Å²) in [6, 6.07) is 24.8. The minimum absolute atomic E-state index is 0.0450. The first-order chi connectivity index (χ1) is 12.2. The van der Waals surface area contributed by atoms with E-state index in [1.54, 1.807) is 17.1 Å². The van der Waals surface area contributed by atoms with Crippen molar-refractivity contribution in [1.29, 1.82) is 0 Å². The van der Waals surface area contributed by atoms with Gasteiger partial charge in [-0.2, -0.15) is 0 Å². The smallest absolute Gasteiger partial charge is 0.276 e. The number of nitrogens with one attached hydrogen (secondary N) is 1. The Labute approximate surface area is 145 Å². The third-order valence-corrected chi connectivity index (χ3v) is 3.46. The summed E-state index contributed by atoms with van der Waals surface area (Å²) in [7, 11) is 0. The van der Waals surface area contributed by atoms with Crippen molar-refractivity contribution < 1.29 is 13.9 Å². The number of rotatable bonds is 6. The molecule has 0 saturated heterocycles. The number of hydrazine groups is 1. The number of hydrogen-bond acceptors (Lipinski definition) is 3. The third kappa shape index (κ3) is 4.35. The largest absolute Gasteiger partial charge is 0.481 e. The lowest BCUT2D eigenvalue weighted by Gasteiger charge is -2.25. The van der Waals surface area contributed by atoms with E-state index >= 15 is 0 Å². The zero-order valence-electron chi connectivity index (χ0n) is 13.4. The van der Waals surface area contributed by atoms with Crippen molar-refractivity contribution >= 4 is 17.3 Å². The van der Waals surface area contributed by atoms with E-state index in [1.165, 1.54) is 12.1 Å². The molecule has 1 amide bonds. The summed E-state index contributed by atoms with van der Waals surface area (Å²) in [6.07, 6.45) is 0. The number of benzene rings is 3. The highest BCUT2D eigenvalue weighted by atomic mass is 19.1. The van der Waals surface area contributed by atoms with E-state index in [-0.39, 0.29) is 12.4 Å². The SMILES string of the molecule is O=C(COc1ccccc1F)NN(c1ccccc1)c1ccccc1. The molecule has 3 aromatic carbocycles. The molecule has 0 aromatic heterocycles. The molecule has 0 fully saturated rings. The maximum atomic E-state index is 13.6. The number of para-hydroxylation sites is 3. The van der Waals surface area contributed by atoms with Crippen LogP contribution in [0.25, 0.3) is 0 Å². The molecule has 5 heteroatoms. The molecular formula is C20H17FN2O2. The Morgan fingerprint density at radius 3 is 1.92 bits per heavy atom. The molecule has 0 radical (unpaired) electrons. The van der Waals surface area contributed by atoms with Crippen molar-refractivity contribution in [3.8, 4) is 5.75 Å². The van der Waals surface area contributed by atoms with Gasteiger partial charge in [0.25, 0.3) is 5.91 Å². The second kappa shape index (κ2) is 7.97. The van der Waals surface area contributed by atoms with Crippen LogP contribution in [0, 0.1) is 5.82 Å². The number of carbonyl (C=O) groups is 1. The molecule has 0 unspecified atom stereocenters. The lowest BCUT2D eigenvalue weighted by Crippen LogP contribution is -2.41. The van der Waals surface area contributed by atoms with Crippen molar-refractivity contribution in [3.05, 3.63) is 90.7 Å². The Morgan fingerprint density at radius 2 is 1.36 bits per heavy atom. The normalized spacial score (nSPS) is 10.1. The number of carbonyl (C=O) groups excluding carboxylic acids is 1. The van der Waals surface area contributed by atoms with E-state index in [1.807, 2.05) is 60.7 Å². The summed E-state index contributed by atoms with van der Waals surface area (Å²) in [4.78, 5) is 12.3. The number of halogens is 1. The summed E-state index contributed by atoms with van der Waals surface area (Å²) >= 11 is 0. The van der Waals surface area contributed by atoms with Crippen molar-refractivity contribution in [2.75, 3.05) is 11.6 Å². The van der Waals surface area contributed by atoms with E-state index < -0.39 is 11.7 Å². The van der Waals surface area contributed by atoms with Gasteiger partial charge in [0.05, 0.1) is 11.4 Å². The lowest BCUT2D eigenvalue weighted by molar-refractivity contribution is -0.123. The minimum atomic E-state index is -0.502. The van der Waals surface area contributed by atoms with Crippen molar-refractivity contribution in [3.63, 3.8) is 0 Å². The van der Waals surface area contributed by atoms with Crippen LogP contribution in [-0.4, -0.2) is 12.5 Å². The molecule has 0 spiro atoms. The van der Waals surface area contributed by atoms with Gasteiger partial charge < -0.3 is 4.74 Å². The van der Waals surface area contributed by atoms with Crippen LogP contribution in [0.1, 0.15) is 0 Å². The molecule has 0 saturated carbocycles. The van der Waals surface area contributed by atoms with Gasteiger partial charge in [-0.15, -0.1) is 0 Å². The van der Waals surface area contributed by atoms with Gasteiger partial charge in [0.2, 0.25) is 0 Å². The molecule has 3 aromatic rings. The highest BCUT2D eigenvalue weighted by Crippen LogP contribution is 2.22. The van der Waals surface area contributed by atoms with E-state index in [4.69, 9.17) is 4.74 Å². The molecule has 0 atom stereocenters. The Balaban J connectivity index is 1.72. The van der Waals surface area contributed by atoms with Crippen LogP contribution < -0.4 is 15.2 Å². The van der Waals surface area contributed by atoms with Crippen LogP contribution in [0.15, 0.2) is 84.9 Å². The maximum Gasteiger partial charge on any atom is 0.276 e. The van der Waals surface area contributed by atoms with Crippen LogP contribution in [0.5, 0.6) is 5.75 Å². The second-order valence-electron chi connectivity index (χ2n) is 5.26. The molecule has 0 aliphatic carbocycles. The first-order valence-corrected chi connectivity index (χ1v) is 7.81. The fraction of sp³-hybridized carbons (Fsp3) is 0.0500. The number of amides is 1. The Morgan fingerprint density at radius 1 is 0.840 bits per heavy atom.